The number of rotatable bonds is 5. The Hall–Kier alpha value is -3.77. The van der Waals surface area contributed by atoms with Crippen LogP contribution in [-0.2, 0) is 0 Å². The zero-order valence-electron chi connectivity index (χ0n) is 11.7. The molecule has 0 radical (unpaired) electrons. The Morgan fingerprint density at radius 3 is 1.52 bits per heavy atom. The zero-order valence-corrected chi connectivity index (χ0v) is 11.7. The molecule has 0 atom stereocenters. The minimum atomic E-state index is -1.51. The van der Waals surface area contributed by atoms with Crippen LogP contribution in [0, 0.1) is 47.8 Å². The second-order valence-corrected chi connectivity index (χ2v) is 4.50. The molecule has 0 saturated carbocycles. The highest BCUT2D eigenvalue weighted by atomic mass is 19.1. The summed E-state index contributed by atoms with van der Waals surface area (Å²) >= 11 is 0. The SMILES string of the molecule is O=[N+]([O-])c1cc([N+](=O)[O-])c(Nc2c(F)cc(F)cc2F)c([N+](=O)[O-])c1. The van der Waals surface area contributed by atoms with Crippen LogP contribution in [0.5, 0.6) is 0 Å². The van der Waals surface area contributed by atoms with Crippen molar-refractivity contribution in [3.05, 3.63) is 72.1 Å². The molecular formula is C12H5F3N4O6. The van der Waals surface area contributed by atoms with E-state index in [1.807, 2.05) is 5.32 Å². The fourth-order valence-corrected chi connectivity index (χ4v) is 1.91. The van der Waals surface area contributed by atoms with Crippen molar-refractivity contribution in [1.29, 1.82) is 0 Å². The van der Waals surface area contributed by atoms with Crippen molar-refractivity contribution in [2.24, 2.45) is 0 Å². The lowest BCUT2D eigenvalue weighted by molar-refractivity contribution is -0.401. The lowest BCUT2D eigenvalue weighted by Crippen LogP contribution is -2.06. The number of anilines is 2. The van der Waals surface area contributed by atoms with Gasteiger partial charge in [0.25, 0.3) is 5.69 Å². The Morgan fingerprint density at radius 2 is 1.16 bits per heavy atom. The van der Waals surface area contributed by atoms with E-state index in [4.69, 9.17) is 0 Å². The lowest BCUT2D eigenvalue weighted by Gasteiger charge is -2.10. The minimum Gasteiger partial charge on any atom is -0.339 e. The first-order chi connectivity index (χ1) is 11.6. The topological polar surface area (TPSA) is 141 Å². The highest BCUT2D eigenvalue weighted by molar-refractivity contribution is 5.81. The van der Waals surface area contributed by atoms with Crippen LogP contribution >= 0.6 is 0 Å². The third-order valence-corrected chi connectivity index (χ3v) is 2.94. The number of hydrogen-bond donors (Lipinski definition) is 1. The third-order valence-electron chi connectivity index (χ3n) is 2.94. The van der Waals surface area contributed by atoms with E-state index in [0.29, 0.717) is 12.1 Å². The molecule has 130 valence electrons. The standard InChI is InChI=1S/C12H5F3N4O6/c13-5-1-7(14)11(8(15)2-5)16-12-9(18(22)23)3-6(17(20)21)4-10(12)19(24)25/h1-4,16H. The molecule has 2 aromatic rings. The minimum absolute atomic E-state index is 0.245. The first kappa shape index (κ1) is 17.6. The average Bonchev–Trinajstić information content (AvgIpc) is 2.49. The maximum atomic E-state index is 13.7. The van der Waals surface area contributed by atoms with E-state index in [0.717, 1.165) is 0 Å². The molecule has 0 fully saturated rings. The fraction of sp³-hybridized carbons (Fsp3) is 0. The van der Waals surface area contributed by atoms with Gasteiger partial charge in [-0.05, 0) is 0 Å². The van der Waals surface area contributed by atoms with Crippen molar-refractivity contribution in [3.63, 3.8) is 0 Å². The second kappa shape index (κ2) is 6.38. The highest BCUT2D eigenvalue weighted by Gasteiger charge is 2.31. The molecule has 0 aliphatic heterocycles. The van der Waals surface area contributed by atoms with E-state index in [9.17, 15) is 43.5 Å². The number of nitro groups is 3. The molecule has 0 unspecified atom stereocenters. The van der Waals surface area contributed by atoms with E-state index >= 15 is 0 Å². The Kier molecular flexibility index (Phi) is 4.49. The molecule has 2 rings (SSSR count). The molecule has 0 aliphatic rings. The predicted molar refractivity (Wildman–Crippen MR) is 76.0 cm³/mol. The number of nitro benzene ring substituents is 3. The van der Waals surface area contributed by atoms with Gasteiger partial charge >= 0.3 is 11.4 Å². The van der Waals surface area contributed by atoms with Gasteiger partial charge in [-0.2, -0.15) is 0 Å². The Labute approximate surface area is 134 Å². The maximum Gasteiger partial charge on any atom is 0.306 e. The van der Waals surface area contributed by atoms with Crippen LogP contribution in [0.3, 0.4) is 0 Å². The summed E-state index contributed by atoms with van der Waals surface area (Å²) in [5.74, 6) is -4.31. The normalized spacial score (nSPS) is 10.4. The summed E-state index contributed by atoms with van der Waals surface area (Å²) in [7, 11) is 0. The summed E-state index contributed by atoms with van der Waals surface area (Å²) in [6.45, 7) is 0. The van der Waals surface area contributed by atoms with Crippen LogP contribution in [0.15, 0.2) is 24.3 Å². The summed E-state index contributed by atoms with van der Waals surface area (Å²) in [6.07, 6.45) is 0. The van der Waals surface area contributed by atoms with Crippen molar-refractivity contribution in [2.45, 2.75) is 0 Å². The first-order valence-electron chi connectivity index (χ1n) is 6.14. The number of nitrogens with zero attached hydrogens (tertiary/aromatic N) is 3. The van der Waals surface area contributed by atoms with Crippen LogP contribution in [0.4, 0.5) is 41.6 Å². The van der Waals surface area contributed by atoms with Crippen molar-refractivity contribution in [3.8, 4) is 0 Å². The molecule has 0 bridgehead atoms. The van der Waals surface area contributed by atoms with Crippen LogP contribution in [0.1, 0.15) is 0 Å². The Balaban J connectivity index is 2.74. The maximum absolute atomic E-state index is 13.7. The average molecular weight is 358 g/mol. The summed E-state index contributed by atoms with van der Waals surface area (Å²) in [6, 6.07) is 1.26. The van der Waals surface area contributed by atoms with E-state index in [1.165, 1.54) is 0 Å². The summed E-state index contributed by atoms with van der Waals surface area (Å²) in [4.78, 5) is 29.3. The quantitative estimate of drug-likeness (QED) is 0.636. The van der Waals surface area contributed by atoms with Gasteiger partial charge in [0.05, 0.1) is 26.9 Å². The molecular weight excluding hydrogens is 353 g/mol. The predicted octanol–water partition coefficient (Wildman–Crippen LogP) is 3.57. The van der Waals surface area contributed by atoms with E-state index < -0.39 is 60.7 Å². The van der Waals surface area contributed by atoms with Gasteiger partial charge in [0.1, 0.15) is 11.5 Å². The summed E-state index contributed by atoms with van der Waals surface area (Å²) < 4.78 is 40.3. The number of hydrogen-bond acceptors (Lipinski definition) is 7. The smallest absolute Gasteiger partial charge is 0.306 e. The number of nitrogens with one attached hydrogen (secondary N) is 1. The monoisotopic (exact) mass is 358 g/mol. The van der Waals surface area contributed by atoms with Crippen molar-refractivity contribution in [2.75, 3.05) is 5.32 Å². The molecule has 1 N–H and O–H groups in total. The van der Waals surface area contributed by atoms with Crippen molar-refractivity contribution in [1.82, 2.24) is 0 Å². The molecule has 13 heteroatoms. The van der Waals surface area contributed by atoms with E-state index in [-0.39, 0.29) is 12.1 Å². The van der Waals surface area contributed by atoms with E-state index in [2.05, 4.69) is 0 Å². The number of halogens is 3. The van der Waals surface area contributed by atoms with Gasteiger partial charge in [-0.3, -0.25) is 30.3 Å². The van der Waals surface area contributed by atoms with Gasteiger partial charge in [-0.15, -0.1) is 0 Å². The van der Waals surface area contributed by atoms with Gasteiger partial charge in [0.2, 0.25) is 0 Å². The molecule has 25 heavy (non-hydrogen) atoms. The van der Waals surface area contributed by atoms with Gasteiger partial charge in [0.15, 0.2) is 17.3 Å². The van der Waals surface area contributed by atoms with Gasteiger partial charge in [-0.1, -0.05) is 0 Å². The molecule has 0 amide bonds. The van der Waals surface area contributed by atoms with Crippen LogP contribution in [-0.4, -0.2) is 14.8 Å². The Bertz CT molecular complexity index is 862. The van der Waals surface area contributed by atoms with Crippen molar-refractivity contribution >= 4 is 28.4 Å². The zero-order chi connectivity index (χ0) is 18.9. The number of non-ortho nitro benzene ring substituents is 1. The van der Waals surface area contributed by atoms with E-state index in [1.54, 1.807) is 0 Å². The van der Waals surface area contributed by atoms with Gasteiger partial charge < -0.3 is 5.32 Å². The molecule has 10 nitrogen and oxygen atoms in total. The Morgan fingerprint density at radius 1 is 0.720 bits per heavy atom. The lowest BCUT2D eigenvalue weighted by atomic mass is 10.2. The molecule has 2 aromatic carbocycles. The van der Waals surface area contributed by atoms with Crippen LogP contribution < -0.4 is 5.32 Å². The van der Waals surface area contributed by atoms with Gasteiger partial charge in [0, 0.05) is 12.1 Å². The highest BCUT2D eigenvalue weighted by Crippen LogP contribution is 2.40. The summed E-state index contributed by atoms with van der Waals surface area (Å²) in [5, 5.41) is 34.7. The van der Waals surface area contributed by atoms with Crippen molar-refractivity contribution < 1.29 is 27.9 Å². The first-order valence-corrected chi connectivity index (χ1v) is 6.14. The molecule has 0 spiro atoms. The van der Waals surface area contributed by atoms with Gasteiger partial charge in [-0.25, -0.2) is 13.2 Å². The molecule has 0 heterocycles. The molecule has 0 aromatic heterocycles. The van der Waals surface area contributed by atoms with Crippen LogP contribution in [0.25, 0.3) is 0 Å². The fourth-order valence-electron chi connectivity index (χ4n) is 1.91. The second-order valence-electron chi connectivity index (χ2n) is 4.50. The number of benzene rings is 2. The largest absolute Gasteiger partial charge is 0.339 e. The van der Waals surface area contributed by atoms with Crippen LogP contribution in [0.2, 0.25) is 0 Å². The third kappa shape index (κ3) is 3.44. The molecule has 0 aliphatic carbocycles. The summed E-state index contributed by atoms with van der Waals surface area (Å²) in [5.41, 5.74) is -5.39. The molecule has 0 saturated heterocycles.